The number of piperidine rings is 1. The number of halogens is 2. The number of carbonyl (C=O) groups is 1. The zero-order valence-electron chi connectivity index (χ0n) is 15.8. The van der Waals surface area contributed by atoms with E-state index in [0.717, 1.165) is 30.7 Å². The lowest BCUT2D eigenvalue weighted by Crippen LogP contribution is -2.49. The Morgan fingerprint density at radius 3 is 2.79 bits per heavy atom. The summed E-state index contributed by atoms with van der Waals surface area (Å²) < 4.78 is 32.6. The summed E-state index contributed by atoms with van der Waals surface area (Å²) in [6.45, 7) is 4.06. The first kappa shape index (κ1) is 25.4. The summed E-state index contributed by atoms with van der Waals surface area (Å²) in [5, 5.41) is 3.13. The normalized spacial score (nSPS) is 17.8. The van der Waals surface area contributed by atoms with Gasteiger partial charge in [-0.3, -0.25) is 9.79 Å². The number of carbonyl (C=O) groups excluding carboxylic acids is 1. The lowest BCUT2D eigenvalue weighted by molar-refractivity contribution is -0.149. The van der Waals surface area contributed by atoms with Crippen LogP contribution in [0.5, 0.6) is 0 Å². The van der Waals surface area contributed by atoms with E-state index in [0.29, 0.717) is 30.0 Å². The van der Waals surface area contributed by atoms with Crippen LogP contribution in [0.25, 0.3) is 0 Å². The van der Waals surface area contributed by atoms with Gasteiger partial charge >= 0.3 is 5.97 Å². The van der Waals surface area contributed by atoms with E-state index in [1.165, 1.54) is 6.07 Å². The molecule has 2 heterocycles. The number of nitrogens with zero attached hydrogens (tertiary/aromatic N) is 2. The molecule has 1 unspecified atom stereocenters. The van der Waals surface area contributed by atoms with Gasteiger partial charge in [0.2, 0.25) is 10.0 Å². The number of ether oxygens (including phenoxy) is 1. The average molecular weight is 565 g/mol. The van der Waals surface area contributed by atoms with Gasteiger partial charge in [-0.1, -0.05) is 11.6 Å². The van der Waals surface area contributed by atoms with Crippen molar-refractivity contribution in [2.45, 2.75) is 24.0 Å². The van der Waals surface area contributed by atoms with E-state index in [9.17, 15) is 13.2 Å². The van der Waals surface area contributed by atoms with E-state index in [-0.39, 0.29) is 46.6 Å². The van der Waals surface area contributed by atoms with Crippen molar-refractivity contribution in [3.05, 3.63) is 16.5 Å². The number of hydrogen-bond donors (Lipinski definition) is 2. The number of likely N-dealkylation sites (tertiary alicyclic amines) is 1. The lowest BCUT2D eigenvalue weighted by Gasteiger charge is -2.33. The molecule has 8 nitrogen and oxygen atoms in total. The van der Waals surface area contributed by atoms with Crippen molar-refractivity contribution >= 4 is 68.9 Å². The van der Waals surface area contributed by atoms with Crippen molar-refractivity contribution in [1.29, 1.82) is 0 Å². The summed E-state index contributed by atoms with van der Waals surface area (Å²) in [4.78, 5) is 18.2. The van der Waals surface area contributed by atoms with Crippen molar-refractivity contribution in [3.63, 3.8) is 0 Å². The first-order valence-electron chi connectivity index (χ1n) is 8.74. The second kappa shape index (κ2) is 12.2. The highest BCUT2D eigenvalue weighted by Crippen LogP contribution is 2.25. The van der Waals surface area contributed by atoms with Crippen LogP contribution in [-0.4, -0.2) is 65.1 Å². The third-order valence-corrected chi connectivity index (χ3v) is 7.25. The minimum atomic E-state index is -3.57. The molecule has 1 aromatic rings. The molecule has 0 bridgehead atoms. The van der Waals surface area contributed by atoms with Crippen LogP contribution in [-0.2, 0) is 19.6 Å². The zero-order chi connectivity index (χ0) is 19.9. The van der Waals surface area contributed by atoms with E-state index in [2.05, 4.69) is 15.0 Å². The molecule has 1 atom stereocenters. The zero-order valence-corrected chi connectivity index (χ0v) is 20.5. The molecule has 0 spiro atoms. The molecular weight excluding hydrogens is 539 g/mol. The molecule has 0 saturated carbocycles. The summed E-state index contributed by atoms with van der Waals surface area (Å²) >= 11 is 6.80. The molecule has 28 heavy (non-hydrogen) atoms. The van der Waals surface area contributed by atoms with Crippen LogP contribution in [0.15, 0.2) is 21.3 Å². The predicted octanol–water partition coefficient (Wildman–Crippen LogP) is 2.15. The standard InChI is InChI=1S/C16H25ClN4O4S2.HI/c1-3-25-15(22)12-5-4-10-21(11-12)16(18-2)19-8-9-20-27(23,24)14-7-6-13(17)26-14;/h6-7,12,20H,3-5,8-11H2,1-2H3,(H,18,19);1H. The third kappa shape index (κ3) is 7.32. The van der Waals surface area contributed by atoms with Gasteiger partial charge in [0.1, 0.15) is 4.21 Å². The molecule has 0 aliphatic carbocycles. The summed E-state index contributed by atoms with van der Waals surface area (Å²) in [5.74, 6) is 0.293. The molecule has 0 radical (unpaired) electrons. The molecule has 1 aromatic heterocycles. The molecule has 2 N–H and O–H groups in total. The maximum absolute atomic E-state index is 12.2. The van der Waals surface area contributed by atoms with Crippen LogP contribution in [0.4, 0.5) is 0 Å². The molecular formula is C16H26ClIN4O4S2. The number of hydrogen-bond acceptors (Lipinski definition) is 6. The fraction of sp³-hybridized carbons (Fsp3) is 0.625. The molecule has 1 fully saturated rings. The van der Waals surface area contributed by atoms with Crippen molar-refractivity contribution < 1.29 is 17.9 Å². The Bertz CT molecular complexity index is 772. The van der Waals surface area contributed by atoms with E-state index < -0.39 is 10.0 Å². The fourth-order valence-electron chi connectivity index (χ4n) is 2.83. The molecule has 0 amide bonds. The van der Waals surface area contributed by atoms with Gasteiger partial charge in [0.15, 0.2) is 5.96 Å². The van der Waals surface area contributed by atoms with E-state index in [4.69, 9.17) is 16.3 Å². The summed E-state index contributed by atoms with van der Waals surface area (Å²) in [6.07, 6.45) is 1.67. The van der Waals surface area contributed by atoms with Crippen molar-refractivity contribution in [2.75, 3.05) is 39.8 Å². The van der Waals surface area contributed by atoms with Gasteiger partial charge in [0, 0.05) is 33.2 Å². The molecule has 12 heteroatoms. The van der Waals surface area contributed by atoms with Gasteiger partial charge in [0.25, 0.3) is 0 Å². The quantitative estimate of drug-likeness (QED) is 0.173. The maximum Gasteiger partial charge on any atom is 0.310 e. The summed E-state index contributed by atoms with van der Waals surface area (Å²) in [5.41, 5.74) is 0. The van der Waals surface area contributed by atoms with Crippen LogP contribution >= 0.6 is 46.9 Å². The van der Waals surface area contributed by atoms with Crippen LogP contribution in [0.1, 0.15) is 19.8 Å². The Labute approximate surface area is 192 Å². The Kier molecular flexibility index (Phi) is 11.0. The largest absolute Gasteiger partial charge is 0.466 e. The highest BCUT2D eigenvalue weighted by molar-refractivity contribution is 14.0. The van der Waals surface area contributed by atoms with E-state index in [1.54, 1.807) is 20.0 Å². The Hall–Kier alpha value is -0.630. The number of rotatable bonds is 7. The average Bonchev–Trinajstić information content (AvgIpc) is 3.09. The van der Waals surface area contributed by atoms with Gasteiger partial charge in [0.05, 0.1) is 16.9 Å². The van der Waals surface area contributed by atoms with Crippen LogP contribution < -0.4 is 10.0 Å². The molecule has 1 saturated heterocycles. The third-order valence-electron chi connectivity index (χ3n) is 4.07. The lowest BCUT2D eigenvalue weighted by atomic mass is 9.98. The number of esters is 1. The number of sulfonamides is 1. The number of nitrogens with one attached hydrogen (secondary N) is 2. The second-order valence-corrected chi connectivity index (χ2v) is 9.68. The minimum Gasteiger partial charge on any atom is -0.466 e. The summed E-state index contributed by atoms with van der Waals surface area (Å²) in [7, 11) is -1.91. The smallest absolute Gasteiger partial charge is 0.310 e. The van der Waals surface area contributed by atoms with Crippen molar-refractivity contribution in [2.24, 2.45) is 10.9 Å². The SMILES string of the molecule is CCOC(=O)C1CCCN(C(=NC)NCCNS(=O)(=O)c2ccc(Cl)s2)C1.I. The molecule has 2 rings (SSSR count). The predicted molar refractivity (Wildman–Crippen MR) is 122 cm³/mol. The van der Waals surface area contributed by atoms with Gasteiger partial charge in [-0.05, 0) is 31.9 Å². The van der Waals surface area contributed by atoms with Gasteiger partial charge in [-0.15, -0.1) is 35.3 Å². The molecule has 1 aliphatic heterocycles. The maximum atomic E-state index is 12.2. The van der Waals surface area contributed by atoms with Crippen molar-refractivity contribution in [3.8, 4) is 0 Å². The van der Waals surface area contributed by atoms with Crippen LogP contribution in [0.3, 0.4) is 0 Å². The van der Waals surface area contributed by atoms with Gasteiger partial charge < -0.3 is 15.0 Å². The first-order chi connectivity index (χ1) is 12.9. The highest BCUT2D eigenvalue weighted by Gasteiger charge is 2.28. The Morgan fingerprint density at radius 1 is 1.43 bits per heavy atom. The number of aliphatic imine (C=N–C) groups is 1. The minimum absolute atomic E-state index is 0. The Morgan fingerprint density at radius 2 is 2.18 bits per heavy atom. The summed E-state index contributed by atoms with van der Waals surface area (Å²) in [6, 6.07) is 3.03. The van der Waals surface area contributed by atoms with Gasteiger partial charge in [-0.2, -0.15) is 0 Å². The van der Waals surface area contributed by atoms with Crippen LogP contribution in [0.2, 0.25) is 4.34 Å². The number of thiophene rings is 1. The van der Waals surface area contributed by atoms with Crippen molar-refractivity contribution in [1.82, 2.24) is 14.9 Å². The Balaban J connectivity index is 0.00000392. The molecule has 160 valence electrons. The van der Waals surface area contributed by atoms with Gasteiger partial charge in [-0.25, -0.2) is 13.1 Å². The second-order valence-electron chi connectivity index (χ2n) is 5.97. The highest BCUT2D eigenvalue weighted by atomic mass is 127. The van der Waals surface area contributed by atoms with E-state index >= 15 is 0 Å². The van der Waals surface area contributed by atoms with E-state index in [1.807, 2.05) is 4.90 Å². The topological polar surface area (TPSA) is 100 Å². The monoisotopic (exact) mass is 564 g/mol. The first-order valence-corrected chi connectivity index (χ1v) is 11.4. The number of guanidine groups is 1. The fourth-order valence-corrected chi connectivity index (χ4v) is 5.39. The van der Waals surface area contributed by atoms with Crippen LogP contribution in [0, 0.1) is 5.92 Å². The molecule has 0 aromatic carbocycles. The molecule has 1 aliphatic rings.